The van der Waals surface area contributed by atoms with Gasteiger partial charge < -0.3 is 9.84 Å². The third-order valence-corrected chi connectivity index (χ3v) is 4.14. The molecule has 0 aliphatic carbocycles. The van der Waals surface area contributed by atoms with Crippen molar-refractivity contribution in [3.63, 3.8) is 0 Å². The van der Waals surface area contributed by atoms with Crippen molar-refractivity contribution in [3.8, 4) is 5.75 Å². The summed E-state index contributed by atoms with van der Waals surface area (Å²) >= 11 is 3.31. The van der Waals surface area contributed by atoms with Gasteiger partial charge in [-0.25, -0.2) is 0 Å². The molecule has 0 heterocycles. The summed E-state index contributed by atoms with van der Waals surface area (Å²) in [4.78, 5) is 10.6. The van der Waals surface area contributed by atoms with E-state index >= 15 is 0 Å². The minimum Gasteiger partial charge on any atom is -0.493 e. The summed E-state index contributed by atoms with van der Waals surface area (Å²) in [7, 11) is -1.41. The standard InChI is InChI=1S/C11H13BrO4S/c1-8(11(13)14)17(15)6-5-16-10-4-2-3-9(12)7-10/h2-4,7-8H,5-6H2,1H3,(H,13,14). The Morgan fingerprint density at radius 1 is 1.59 bits per heavy atom. The molecule has 0 aliphatic heterocycles. The molecule has 0 aromatic heterocycles. The van der Waals surface area contributed by atoms with Gasteiger partial charge in [-0.2, -0.15) is 0 Å². The van der Waals surface area contributed by atoms with Gasteiger partial charge in [-0.15, -0.1) is 0 Å². The van der Waals surface area contributed by atoms with Crippen LogP contribution in [0.5, 0.6) is 5.75 Å². The molecule has 0 saturated heterocycles. The number of carboxylic acids is 1. The fourth-order valence-electron chi connectivity index (χ4n) is 1.09. The molecular formula is C11H13BrO4S. The van der Waals surface area contributed by atoms with Crippen molar-refractivity contribution in [3.05, 3.63) is 28.7 Å². The van der Waals surface area contributed by atoms with Crippen molar-refractivity contribution >= 4 is 32.7 Å². The minimum absolute atomic E-state index is 0.208. The summed E-state index contributed by atoms with van der Waals surface area (Å²) in [5.74, 6) is -0.176. The summed E-state index contributed by atoms with van der Waals surface area (Å²) < 4.78 is 17.8. The van der Waals surface area contributed by atoms with Gasteiger partial charge in [0.2, 0.25) is 0 Å². The van der Waals surface area contributed by atoms with Gasteiger partial charge in [0.25, 0.3) is 0 Å². The van der Waals surface area contributed by atoms with Crippen molar-refractivity contribution in [1.82, 2.24) is 0 Å². The van der Waals surface area contributed by atoms with Crippen LogP contribution in [0.15, 0.2) is 28.7 Å². The van der Waals surface area contributed by atoms with E-state index in [4.69, 9.17) is 9.84 Å². The molecule has 1 rings (SSSR count). The first kappa shape index (κ1) is 14.2. The highest BCUT2D eigenvalue weighted by molar-refractivity contribution is 9.10. The molecule has 94 valence electrons. The number of aliphatic carboxylic acids is 1. The zero-order valence-electron chi connectivity index (χ0n) is 9.26. The lowest BCUT2D eigenvalue weighted by Crippen LogP contribution is -2.25. The number of ether oxygens (including phenoxy) is 1. The second-order valence-corrected chi connectivity index (χ2v) is 6.16. The summed E-state index contributed by atoms with van der Waals surface area (Å²) in [6.45, 7) is 1.66. The van der Waals surface area contributed by atoms with E-state index in [1.54, 1.807) is 12.1 Å². The molecule has 6 heteroatoms. The van der Waals surface area contributed by atoms with Crippen LogP contribution in [0.2, 0.25) is 0 Å². The third-order valence-electron chi connectivity index (χ3n) is 2.09. The van der Waals surface area contributed by atoms with Crippen molar-refractivity contribution < 1.29 is 18.8 Å². The number of hydrogen-bond acceptors (Lipinski definition) is 3. The van der Waals surface area contributed by atoms with E-state index in [1.807, 2.05) is 12.1 Å². The Morgan fingerprint density at radius 3 is 2.88 bits per heavy atom. The zero-order valence-corrected chi connectivity index (χ0v) is 11.7. The SMILES string of the molecule is CC(C(=O)O)S(=O)CCOc1cccc(Br)c1. The van der Waals surface area contributed by atoms with Crippen LogP contribution in [0.4, 0.5) is 0 Å². The molecule has 0 saturated carbocycles. The van der Waals surface area contributed by atoms with E-state index in [2.05, 4.69) is 15.9 Å². The van der Waals surface area contributed by atoms with Crippen LogP contribution < -0.4 is 4.74 Å². The third kappa shape index (κ3) is 4.87. The van der Waals surface area contributed by atoms with Crippen LogP contribution in [-0.4, -0.2) is 32.9 Å². The Morgan fingerprint density at radius 2 is 2.29 bits per heavy atom. The van der Waals surface area contributed by atoms with Gasteiger partial charge in [0, 0.05) is 15.3 Å². The van der Waals surface area contributed by atoms with Crippen LogP contribution in [-0.2, 0) is 15.6 Å². The summed E-state index contributed by atoms with van der Waals surface area (Å²) in [5.41, 5.74) is 0. The minimum atomic E-state index is -1.41. The first-order valence-electron chi connectivity index (χ1n) is 4.99. The van der Waals surface area contributed by atoms with E-state index < -0.39 is 22.0 Å². The molecule has 0 aliphatic rings. The monoisotopic (exact) mass is 320 g/mol. The zero-order chi connectivity index (χ0) is 12.8. The predicted octanol–water partition coefficient (Wildman–Crippen LogP) is 2.05. The highest BCUT2D eigenvalue weighted by Gasteiger charge is 2.18. The molecule has 2 unspecified atom stereocenters. The topological polar surface area (TPSA) is 63.6 Å². The molecule has 1 aromatic carbocycles. The van der Waals surface area contributed by atoms with Crippen molar-refractivity contribution in [2.45, 2.75) is 12.2 Å². The van der Waals surface area contributed by atoms with E-state index in [1.165, 1.54) is 6.92 Å². The van der Waals surface area contributed by atoms with Gasteiger partial charge in [-0.05, 0) is 25.1 Å². The van der Waals surface area contributed by atoms with Gasteiger partial charge in [-0.1, -0.05) is 22.0 Å². The lowest BCUT2D eigenvalue weighted by atomic mass is 10.3. The normalized spacial score (nSPS) is 14.0. The Hall–Kier alpha value is -0.880. The molecule has 4 nitrogen and oxygen atoms in total. The average Bonchev–Trinajstić information content (AvgIpc) is 2.27. The van der Waals surface area contributed by atoms with E-state index in [0.29, 0.717) is 5.75 Å². The summed E-state index contributed by atoms with van der Waals surface area (Å²) in [6.07, 6.45) is 0. The summed E-state index contributed by atoms with van der Waals surface area (Å²) in [5, 5.41) is 7.81. The van der Waals surface area contributed by atoms with Gasteiger partial charge in [0.1, 0.15) is 11.0 Å². The number of carbonyl (C=O) groups is 1. The van der Waals surface area contributed by atoms with E-state index in [0.717, 1.165) is 4.47 Å². The van der Waals surface area contributed by atoms with Crippen LogP contribution >= 0.6 is 15.9 Å². The van der Waals surface area contributed by atoms with Gasteiger partial charge >= 0.3 is 5.97 Å². The molecule has 1 N–H and O–H groups in total. The quantitative estimate of drug-likeness (QED) is 0.871. The predicted molar refractivity (Wildman–Crippen MR) is 69.7 cm³/mol. The first-order valence-corrected chi connectivity index (χ1v) is 7.16. The van der Waals surface area contributed by atoms with Crippen LogP contribution in [0.3, 0.4) is 0 Å². The Kier molecular flexibility index (Phi) is 5.64. The number of rotatable bonds is 6. The number of carboxylic acid groups (broad SMARTS) is 1. The second-order valence-electron chi connectivity index (χ2n) is 3.37. The number of benzene rings is 1. The molecule has 17 heavy (non-hydrogen) atoms. The average molecular weight is 321 g/mol. The highest BCUT2D eigenvalue weighted by atomic mass is 79.9. The van der Waals surface area contributed by atoms with Crippen LogP contribution in [0.1, 0.15) is 6.92 Å². The maximum absolute atomic E-state index is 11.5. The molecule has 0 fully saturated rings. The van der Waals surface area contributed by atoms with E-state index in [9.17, 15) is 9.00 Å². The summed E-state index contributed by atoms with van der Waals surface area (Å²) in [6, 6.07) is 7.28. The Labute approximate surface area is 111 Å². The second kappa shape index (κ2) is 6.76. The van der Waals surface area contributed by atoms with Gasteiger partial charge in [-0.3, -0.25) is 9.00 Å². The molecule has 2 atom stereocenters. The lowest BCUT2D eigenvalue weighted by molar-refractivity contribution is -0.136. The fraction of sp³-hybridized carbons (Fsp3) is 0.364. The maximum Gasteiger partial charge on any atom is 0.318 e. The molecule has 0 amide bonds. The Bertz CT molecular complexity index is 422. The molecule has 0 spiro atoms. The lowest BCUT2D eigenvalue weighted by Gasteiger charge is -2.08. The van der Waals surface area contributed by atoms with Crippen molar-refractivity contribution in [1.29, 1.82) is 0 Å². The molecular weight excluding hydrogens is 308 g/mol. The Balaban J connectivity index is 2.38. The van der Waals surface area contributed by atoms with E-state index in [-0.39, 0.29) is 12.4 Å². The first-order chi connectivity index (χ1) is 8.00. The number of halogens is 1. The maximum atomic E-state index is 11.5. The molecule has 0 bridgehead atoms. The van der Waals surface area contributed by atoms with Crippen LogP contribution in [0, 0.1) is 0 Å². The molecule has 0 radical (unpaired) electrons. The highest BCUT2D eigenvalue weighted by Crippen LogP contribution is 2.17. The smallest absolute Gasteiger partial charge is 0.318 e. The van der Waals surface area contributed by atoms with Gasteiger partial charge in [0.05, 0.1) is 12.4 Å². The van der Waals surface area contributed by atoms with Crippen LogP contribution in [0.25, 0.3) is 0 Å². The largest absolute Gasteiger partial charge is 0.493 e. The number of hydrogen-bond donors (Lipinski definition) is 1. The molecule has 1 aromatic rings. The van der Waals surface area contributed by atoms with Crippen molar-refractivity contribution in [2.75, 3.05) is 12.4 Å². The fourth-order valence-corrected chi connectivity index (χ4v) is 2.29. The van der Waals surface area contributed by atoms with Gasteiger partial charge in [0.15, 0.2) is 0 Å². The van der Waals surface area contributed by atoms with Crippen molar-refractivity contribution in [2.24, 2.45) is 0 Å².